The van der Waals surface area contributed by atoms with Crippen LogP contribution in [0.15, 0.2) is 24.3 Å². The van der Waals surface area contributed by atoms with Gasteiger partial charge in [-0.15, -0.1) is 0 Å². The molecule has 0 aliphatic rings. The van der Waals surface area contributed by atoms with Gasteiger partial charge in [-0.2, -0.15) is 0 Å². The van der Waals surface area contributed by atoms with Crippen molar-refractivity contribution in [2.24, 2.45) is 5.73 Å². The Kier molecular flexibility index (Phi) is 7.04. The number of ether oxygens (including phenoxy) is 2. The molecular formula is C14H20F2N2O3. The summed E-state index contributed by atoms with van der Waals surface area (Å²) in [6.45, 7) is -0.475. The van der Waals surface area contributed by atoms with Crippen LogP contribution >= 0.6 is 0 Å². The summed E-state index contributed by atoms with van der Waals surface area (Å²) in [5.74, 6) is -3.07. The number of nitrogens with one attached hydrogen (secondary N) is 1. The Hall–Kier alpha value is -1.73. The number of amides is 1. The van der Waals surface area contributed by atoms with Crippen molar-refractivity contribution in [2.75, 3.05) is 33.4 Å². The van der Waals surface area contributed by atoms with Crippen molar-refractivity contribution in [2.45, 2.75) is 12.3 Å². The maximum absolute atomic E-state index is 12.9. The fourth-order valence-corrected chi connectivity index (χ4v) is 1.48. The average Bonchev–Trinajstić information content (AvgIpc) is 2.50. The van der Waals surface area contributed by atoms with Crippen LogP contribution in [0.1, 0.15) is 16.8 Å². The van der Waals surface area contributed by atoms with Crippen LogP contribution in [0, 0.1) is 0 Å². The Labute approximate surface area is 122 Å². The molecule has 0 saturated carbocycles. The number of carbonyl (C=O) groups is 1. The van der Waals surface area contributed by atoms with Gasteiger partial charge in [0, 0.05) is 25.7 Å². The minimum absolute atomic E-state index is 0.284. The summed E-state index contributed by atoms with van der Waals surface area (Å²) in [5, 5.41) is 2.14. The predicted molar refractivity (Wildman–Crippen MR) is 74.8 cm³/mol. The zero-order valence-corrected chi connectivity index (χ0v) is 11.9. The Bertz CT molecular complexity index is 438. The molecule has 0 fully saturated rings. The van der Waals surface area contributed by atoms with E-state index < -0.39 is 24.9 Å². The van der Waals surface area contributed by atoms with Crippen molar-refractivity contribution >= 4 is 5.91 Å². The Morgan fingerprint density at radius 1 is 1.29 bits per heavy atom. The molecule has 0 spiro atoms. The van der Waals surface area contributed by atoms with E-state index >= 15 is 0 Å². The molecule has 0 saturated heterocycles. The van der Waals surface area contributed by atoms with Crippen LogP contribution in [0.25, 0.3) is 0 Å². The third-order valence-corrected chi connectivity index (χ3v) is 2.68. The van der Waals surface area contributed by atoms with E-state index in [4.69, 9.17) is 15.2 Å². The normalized spacial score (nSPS) is 11.2. The molecule has 118 valence electrons. The minimum Gasteiger partial charge on any atom is -0.494 e. The molecule has 0 aliphatic carbocycles. The van der Waals surface area contributed by atoms with Gasteiger partial charge in [-0.05, 0) is 24.3 Å². The summed E-state index contributed by atoms with van der Waals surface area (Å²) < 4.78 is 36.2. The van der Waals surface area contributed by atoms with Crippen LogP contribution in [-0.2, 0) is 4.74 Å². The lowest BCUT2D eigenvalue weighted by Crippen LogP contribution is -2.41. The molecule has 0 aliphatic heterocycles. The minimum atomic E-state index is -3.10. The van der Waals surface area contributed by atoms with Crippen LogP contribution in [0.2, 0.25) is 0 Å². The first kappa shape index (κ1) is 17.3. The highest BCUT2D eigenvalue weighted by Gasteiger charge is 2.27. The Morgan fingerprint density at radius 2 is 1.95 bits per heavy atom. The second-order valence-corrected chi connectivity index (χ2v) is 4.46. The summed E-state index contributed by atoms with van der Waals surface area (Å²) >= 11 is 0. The molecule has 1 aromatic rings. The molecule has 1 amide bonds. The number of hydrogen-bond acceptors (Lipinski definition) is 4. The SMILES string of the molecule is COCCCOc1ccc(C(=O)NCC(F)(F)CN)cc1. The second-order valence-electron chi connectivity index (χ2n) is 4.46. The van der Waals surface area contributed by atoms with E-state index in [1.54, 1.807) is 19.2 Å². The molecule has 5 nitrogen and oxygen atoms in total. The van der Waals surface area contributed by atoms with E-state index in [1.165, 1.54) is 12.1 Å². The third-order valence-electron chi connectivity index (χ3n) is 2.68. The van der Waals surface area contributed by atoms with Crippen LogP contribution in [-0.4, -0.2) is 45.2 Å². The molecule has 0 aromatic heterocycles. The number of alkyl halides is 2. The fourth-order valence-electron chi connectivity index (χ4n) is 1.48. The maximum Gasteiger partial charge on any atom is 0.277 e. The summed E-state index contributed by atoms with van der Waals surface area (Å²) in [5.41, 5.74) is 5.18. The Balaban J connectivity index is 2.44. The van der Waals surface area contributed by atoms with Gasteiger partial charge in [0.2, 0.25) is 0 Å². The zero-order valence-electron chi connectivity index (χ0n) is 11.9. The number of halogens is 2. The molecule has 1 rings (SSSR count). The molecule has 0 bridgehead atoms. The first-order valence-electron chi connectivity index (χ1n) is 6.56. The molecule has 1 aromatic carbocycles. The number of rotatable bonds is 9. The van der Waals surface area contributed by atoms with E-state index in [2.05, 4.69) is 5.32 Å². The highest BCUT2D eigenvalue weighted by molar-refractivity contribution is 5.94. The molecular weight excluding hydrogens is 282 g/mol. The van der Waals surface area contributed by atoms with Gasteiger partial charge in [0.25, 0.3) is 11.8 Å². The van der Waals surface area contributed by atoms with Gasteiger partial charge in [0.1, 0.15) is 5.75 Å². The monoisotopic (exact) mass is 302 g/mol. The van der Waals surface area contributed by atoms with Crippen molar-refractivity contribution in [1.82, 2.24) is 5.32 Å². The lowest BCUT2D eigenvalue weighted by atomic mass is 10.2. The lowest BCUT2D eigenvalue weighted by Gasteiger charge is -2.14. The van der Waals surface area contributed by atoms with Gasteiger partial charge in [-0.1, -0.05) is 0 Å². The van der Waals surface area contributed by atoms with Crippen LogP contribution < -0.4 is 15.8 Å². The third kappa shape index (κ3) is 6.50. The largest absolute Gasteiger partial charge is 0.494 e. The van der Waals surface area contributed by atoms with E-state index in [1.807, 2.05) is 0 Å². The molecule has 21 heavy (non-hydrogen) atoms. The number of carbonyl (C=O) groups excluding carboxylic acids is 1. The van der Waals surface area contributed by atoms with Crippen LogP contribution in [0.5, 0.6) is 5.75 Å². The lowest BCUT2D eigenvalue weighted by molar-refractivity contribution is 0.0118. The maximum atomic E-state index is 12.9. The van der Waals surface area contributed by atoms with Gasteiger partial charge in [-0.3, -0.25) is 4.79 Å². The summed E-state index contributed by atoms with van der Waals surface area (Å²) in [4.78, 5) is 11.7. The topological polar surface area (TPSA) is 73.6 Å². The summed E-state index contributed by atoms with van der Waals surface area (Å²) in [7, 11) is 1.61. The smallest absolute Gasteiger partial charge is 0.277 e. The second kappa shape index (κ2) is 8.53. The number of benzene rings is 1. The standard InChI is InChI=1S/C14H20F2N2O3/c1-20-7-2-8-21-12-5-3-11(4-6-12)13(19)18-10-14(15,16)9-17/h3-6H,2,7-10,17H2,1H3,(H,18,19). The highest BCUT2D eigenvalue weighted by Crippen LogP contribution is 2.13. The quantitative estimate of drug-likeness (QED) is 0.677. The number of hydrogen-bond donors (Lipinski definition) is 2. The zero-order chi connectivity index (χ0) is 15.7. The summed E-state index contributed by atoms with van der Waals surface area (Å²) in [6.07, 6.45) is 0.757. The first-order chi connectivity index (χ1) is 9.98. The van der Waals surface area contributed by atoms with Gasteiger partial charge in [0.15, 0.2) is 0 Å². The van der Waals surface area contributed by atoms with Crippen molar-refractivity contribution in [3.05, 3.63) is 29.8 Å². The van der Waals surface area contributed by atoms with Gasteiger partial charge < -0.3 is 20.5 Å². The molecule has 0 radical (unpaired) electrons. The average molecular weight is 302 g/mol. The first-order valence-corrected chi connectivity index (χ1v) is 6.56. The van der Waals surface area contributed by atoms with Crippen LogP contribution in [0.3, 0.4) is 0 Å². The number of methoxy groups -OCH3 is 1. The molecule has 7 heteroatoms. The molecule has 3 N–H and O–H groups in total. The predicted octanol–water partition coefficient (Wildman–Crippen LogP) is 1.43. The summed E-state index contributed by atoms with van der Waals surface area (Å²) in [6, 6.07) is 6.26. The van der Waals surface area contributed by atoms with E-state index in [9.17, 15) is 13.6 Å². The van der Waals surface area contributed by atoms with Gasteiger partial charge >= 0.3 is 0 Å². The molecule has 0 unspecified atom stereocenters. The van der Waals surface area contributed by atoms with Crippen LogP contribution in [0.4, 0.5) is 8.78 Å². The van der Waals surface area contributed by atoms with Gasteiger partial charge in [-0.25, -0.2) is 8.78 Å². The van der Waals surface area contributed by atoms with Crippen molar-refractivity contribution in [3.63, 3.8) is 0 Å². The van der Waals surface area contributed by atoms with Crippen molar-refractivity contribution in [3.8, 4) is 5.75 Å². The molecule has 0 heterocycles. The van der Waals surface area contributed by atoms with Crippen molar-refractivity contribution < 1.29 is 23.0 Å². The fraction of sp³-hybridized carbons (Fsp3) is 0.500. The van der Waals surface area contributed by atoms with Crippen molar-refractivity contribution in [1.29, 1.82) is 0 Å². The molecule has 0 atom stereocenters. The van der Waals surface area contributed by atoms with E-state index in [0.717, 1.165) is 6.42 Å². The highest BCUT2D eigenvalue weighted by atomic mass is 19.3. The van der Waals surface area contributed by atoms with E-state index in [-0.39, 0.29) is 5.56 Å². The Morgan fingerprint density at radius 3 is 2.52 bits per heavy atom. The van der Waals surface area contributed by atoms with Gasteiger partial charge in [0.05, 0.1) is 19.7 Å². The number of nitrogens with two attached hydrogens (primary N) is 1. The van der Waals surface area contributed by atoms with E-state index in [0.29, 0.717) is 19.0 Å².